The minimum Gasteiger partial charge on any atom is -0.453 e. The summed E-state index contributed by atoms with van der Waals surface area (Å²) in [5.41, 5.74) is 3.75. The molecule has 2 aromatic carbocycles. The van der Waals surface area contributed by atoms with E-state index in [1.54, 1.807) is 0 Å². The number of hydrogen-bond donors (Lipinski definition) is 1. The zero-order valence-electron chi connectivity index (χ0n) is 16.5. The van der Waals surface area contributed by atoms with Crippen molar-refractivity contribution in [2.45, 2.75) is 19.0 Å². The topological polar surface area (TPSA) is 73.0 Å². The molecule has 0 radical (unpaired) electrons. The lowest BCUT2D eigenvalue weighted by Crippen LogP contribution is -2.15. The summed E-state index contributed by atoms with van der Waals surface area (Å²) in [7, 11) is 1.86. The highest BCUT2D eigenvalue weighted by molar-refractivity contribution is 9.10. The van der Waals surface area contributed by atoms with Gasteiger partial charge in [-0.1, -0.05) is 43.6 Å². The monoisotopic (exact) mass is 548 g/mol. The van der Waals surface area contributed by atoms with Crippen molar-refractivity contribution in [2.24, 2.45) is 7.05 Å². The van der Waals surface area contributed by atoms with Crippen LogP contribution in [0.2, 0.25) is 0 Å². The third-order valence-corrected chi connectivity index (χ3v) is 7.23. The van der Waals surface area contributed by atoms with E-state index in [0.29, 0.717) is 16.7 Å². The van der Waals surface area contributed by atoms with Crippen LogP contribution in [0.5, 0.6) is 0 Å². The molecule has 154 valence electrons. The molecule has 30 heavy (non-hydrogen) atoms. The quantitative estimate of drug-likeness (QED) is 0.304. The molecule has 0 atom stereocenters. The molecule has 0 aliphatic carbocycles. The van der Waals surface area contributed by atoms with E-state index in [1.165, 1.54) is 11.8 Å². The van der Waals surface area contributed by atoms with Crippen LogP contribution in [0, 0.1) is 13.8 Å². The number of carbonyl (C=O) groups is 1. The Balaban J connectivity index is 1.46. The standard InChI is InChI=1S/C21H18Br2N4O2S/c1-11-12(2)16(6-5-15(11)23)24-19(28)10-30-21-26-25-20(27(21)3)18-9-13-8-14(22)4-7-17(13)29-18/h4-9H,10H2,1-3H3,(H,24,28). The highest BCUT2D eigenvalue weighted by Gasteiger charge is 2.17. The predicted octanol–water partition coefficient (Wildman–Crippen LogP) is 6.10. The largest absolute Gasteiger partial charge is 0.453 e. The summed E-state index contributed by atoms with van der Waals surface area (Å²) in [5.74, 6) is 1.39. The van der Waals surface area contributed by atoms with Crippen molar-refractivity contribution < 1.29 is 9.21 Å². The van der Waals surface area contributed by atoms with Gasteiger partial charge in [-0.3, -0.25) is 4.79 Å². The number of benzene rings is 2. The molecule has 4 aromatic rings. The Bertz CT molecular complexity index is 1270. The van der Waals surface area contributed by atoms with Gasteiger partial charge >= 0.3 is 0 Å². The van der Waals surface area contributed by atoms with Crippen molar-refractivity contribution in [2.75, 3.05) is 11.1 Å². The lowest BCUT2D eigenvalue weighted by Gasteiger charge is -2.11. The second kappa shape index (κ2) is 8.56. The summed E-state index contributed by atoms with van der Waals surface area (Å²) in [5, 5.41) is 13.1. The Morgan fingerprint density at radius 2 is 1.93 bits per heavy atom. The van der Waals surface area contributed by atoms with Gasteiger partial charge in [0, 0.05) is 27.1 Å². The van der Waals surface area contributed by atoms with Crippen LogP contribution in [0.3, 0.4) is 0 Å². The third kappa shape index (κ3) is 4.19. The number of nitrogens with zero attached hydrogens (tertiary/aromatic N) is 3. The van der Waals surface area contributed by atoms with Crippen LogP contribution in [0.15, 0.2) is 54.9 Å². The molecule has 6 nitrogen and oxygen atoms in total. The third-order valence-electron chi connectivity index (χ3n) is 4.86. The maximum absolute atomic E-state index is 12.4. The normalized spacial score (nSPS) is 11.2. The molecule has 2 heterocycles. The number of rotatable bonds is 5. The molecule has 0 saturated carbocycles. The SMILES string of the molecule is Cc1c(Br)ccc(NC(=O)CSc2nnc(-c3cc4cc(Br)ccc4o3)n2C)c1C. The van der Waals surface area contributed by atoms with Gasteiger partial charge in [0.15, 0.2) is 16.7 Å². The van der Waals surface area contributed by atoms with E-state index in [2.05, 4.69) is 47.4 Å². The van der Waals surface area contributed by atoms with Gasteiger partial charge in [0.2, 0.25) is 5.91 Å². The number of anilines is 1. The fourth-order valence-electron chi connectivity index (χ4n) is 3.02. The van der Waals surface area contributed by atoms with E-state index in [-0.39, 0.29) is 11.7 Å². The van der Waals surface area contributed by atoms with Crippen LogP contribution in [-0.2, 0) is 11.8 Å². The number of nitrogens with one attached hydrogen (secondary N) is 1. The zero-order chi connectivity index (χ0) is 21.4. The minimum atomic E-state index is -0.0945. The summed E-state index contributed by atoms with van der Waals surface area (Å²) in [6.07, 6.45) is 0. The van der Waals surface area contributed by atoms with Crippen LogP contribution in [-0.4, -0.2) is 26.4 Å². The predicted molar refractivity (Wildman–Crippen MR) is 127 cm³/mol. The fourth-order valence-corrected chi connectivity index (χ4v) is 4.54. The minimum absolute atomic E-state index is 0.0945. The highest BCUT2D eigenvalue weighted by atomic mass is 79.9. The Kier molecular flexibility index (Phi) is 6.04. The van der Waals surface area contributed by atoms with Gasteiger partial charge in [-0.2, -0.15) is 0 Å². The molecule has 0 spiro atoms. The molecule has 2 aromatic heterocycles. The highest BCUT2D eigenvalue weighted by Crippen LogP contribution is 2.30. The first-order valence-corrected chi connectivity index (χ1v) is 11.7. The molecule has 0 aliphatic heterocycles. The molecular formula is C21H18Br2N4O2S. The zero-order valence-corrected chi connectivity index (χ0v) is 20.5. The Hall–Kier alpha value is -2.10. The van der Waals surface area contributed by atoms with Crippen molar-refractivity contribution >= 4 is 66.2 Å². The fraction of sp³-hybridized carbons (Fsp3) is 0.190. The molecular weight excluding hydrogens is 532 g/mol. The summed E-state index contributed by atoms with van der Waals surface area (Å²) < 4.78 is 9.75. The van der Waals surface area contributed by atoms with Crippen molar-refractivity contribution in [3.8, 4) is 11.6 Å². The summed E-state index contributed by atoms with van der Waals surface area (Å²) in [6, 6.07) is 11.6. The van der Waals surface area contributed by atoms with E-state index in [0.717, 1.165) is 36.7 Å². The first-order chi connectivity index (χ1) is 14.3. The molecule has 1 amide bonds. The maximum Gasteiger partial charge on any atom is 0.234 e. The van der Waals surface area contributed by atoms with Gasteiger partial charge in [-0.05, 0) is 61.4 Å². The lowest BCUT2D eigenvalue weighted by atomic mass is 10.1. The number of carbonyl (C=O) groups excluding carboxylic acids is 1. The van der Waals surface area contributed by atoms with E-state index in [4.69, 9.17) is 4.42 Å². The number of halogens is 2. The van der Waals surface area contributed by atoms with Gasteiger partial charge < -0.3 is 14.3 Å². The number of aromatic nitrogens is 3. The van der Waals surface area contributed by atoms with Crippen molar-refractivity contribution in [3.05, 3.63) is 56.5 Å². The molecule has 0 fully saturated rings. The van der Waals surface area contributed by atoms with Crippen molar-refractivity contribution in [1.29, 1.82) is 0 Å². The molecule has 9 heteroatoms. The number of furan rings is 1. The van der Waals surface area contributed by atoms with E-state index in [9.17, 15) is 4.79 Å². The van der Waals surface area contributed by atoms with Gasteiger partial charge in [-0.25, -0.2) is 0 Å². The van der Waals surface area contributed by atoms with Gasteiger partial charge in [0.25, 0.3) is 0 Å². The van der Waals surface area contributed by atoms with Crippen LogP contribution in [0.4, 0.5) is 5.69 Å². The second-order valence-electron chi connectivity index (χ2n) is 6.84. The van der Waals surface area contributed by atoms with Crippen LogP contribution in [0.1, 0.15) is 11.1 Å². The van der Waals surface area contributed by atoms with E-state index < -0.39 is 0 Å². The van der Waals surface area contributed by atoms with E-state index >= 15 is 0 Å². The second-order valence-corrected chi connectivity index (χ2v) is 9.55. The van der Waals surface area contributed by atoms with Crippen molar-refractivity contribution in [1.82, 2.24) is 14.8 Å². The van der Waals surface area contributed by atoms with Crippen LogP contribution in [0.25, 0.3) is 22.6 Å². The first kappa shape index (κ1) is 21.1. The average Bonchev–Trinajstić information content (AvgIpc) is 3.29. The molecule has 1 N–H and O–H groups in total. The Morgan fingerprint density at radius 1 is 1.13 bits per heavy atom. The Labute approximate surface area is 194 Å². The Morgan fingerprint density at radius 3 is 2.73 bits per heavy atom. The number of fused-ring (bicyclic) bond motifs is 1. The molecule has 0 saturated heterocycles. The maximum atomic E-state index is 12.4. The molecule has 0 bridgehead atoms. The summed E-state index contributed by atoms with van der Waals surface area (Å²) in [6.45, 7) is 4.01. The van der Waals surface area contributed by atoms with E-state index in [1.807, 2.05) is 61.9 Å². The van der Waals surface area contributed by atoms with Crippen LogP contribution < -0.4 is 5.32 Å². The van der Waals surface area contributed by atoms with Gasteiger partial charge in [0.1, 0.15) is 5.58 Å². The van der Waals surface area contributed by atoms with Crippen molar-refractivity contribution in [3.63, 3.8) is 0 Å². The number of thioether (sulfide) groups is 1. The van der Waals surface area contributed by atoms with Gasteiger partial charge in [0.05, 0.1) is 5.75 Å². The summed E-state index contributed by atoms with van der Waals surface area (Å²) in [4.78, 5) is 12.4. The number of hydrogen-bond acceptors (Lipinski definition) is 5. The lowest BCUT2D eigenvalue weighted by molar-refractivity contribution is -0.113. The average molecular weight is 550 g/mol. The molecule has 0 aliphatic rings. The smallest absolute Gasteiger partial charge is 0.234 e. The first-order valence-electron chi connectivity index (χ1n) is 9.10. The number of amides is 1. The molecule has 0 unspecified atom stereocenters. The summed E-state index contributed by atoms with van der Waals surface area (Å²) >= 11 is 8.31. The van der Waals surface area contributed by atoms with Gasteiger partial charge in [-0.15, -0.1) is 10.2 Å². The molecule has 4 rings (SSSR count). The van der Waals surface area contributed by atoms with Crippen LogP contribution >= 0.6 is 43.6 Å².